The molecule has 0 unspecified atom stereocenters. The molecule has 5 nitrogen and oxygen atoms in total. The highest BCUT2D eigenvalue weighted by Gasteiger charge is 2.07. The van der Waals surface area contributed by atoms with Crippen molar-refractivity contribution < 1.29 is 19.5 Å². The summed E-state index contributed by atoms with van der Waals surface area (Å²) < 4.78 is 0. The molecule has 0 aliphatic carbocycles. The molecule has 0 aromatic heterocycles. The first kappa shape index (κ1) is 29.8. The highest BCUT2D eigenvalue weighted by atomic mass is 16.3. The SMILES string of the molecule is CCCCCCCCCCCCCCCC(=O)NCCCC(=O)C(C)C.O=CO. The average molecular weight is 414 g/mol. The van der Waals surface area contributed by atoms with Crippen LogP contribution in [0.2, 0.25) is 0 Å². The molecule has 0 atom stereocenters. The molecule has 5 heteroatoms. The molecule has 0 saturated heterocycles. The number of hydrogen-bond donors (Lipinski definition) is 2. The van der Waals surface area contributed by atoms with Gasteiger partial charge in [0.25, 0.3) is 6.47 Å². The number of nitrogens with one attached hydrogen (secondary N) is 1. The van der Waals surface area contributed by atoms with E-state index in [1.165, 1.54) is 70.6 Å². The lowest BCUT2D eigenvalue weighted by molar-refractivity contribution is -0.123. The lowest BCUT2D eigenvalue weighted by atomic mass is 10.0. The number of carboxylic acid groups (broad SMARTS) is 1. The molecular formula is C24H47NO4. The molecule has 2 N–H and O–H groups in total. The summed E-state index contributed by atoms with van der Waals surface area (Å²) in [6.07, 6.45) is 19.2. The number of carbonyl (C=O) groups is 3. The molecule has 0 spiro atoms. The highest BCUT2D eigenvalue weighted by molar-refractivity contribution is 5.80. The smallest absolute Gasteiger partial charge is 0.290 e. The maximum Gasteiger partial charge on any atom is 0.290 e. The van der Waals surface area contributed by atoms with Crippen LogP contribution < -0.4 is 5.32 Å². The molecule has 0 bridgehead atoms. The Labute approximate surface area is 179 Å². The summed E-state index contributed by atoms with van der Waals surface area (Å²) in [7, 11) is 0. The summed E-state index contributed by atoms with van der Waals surface area (Å²) in [6.45, 7) is 6.51. The molecule has 0 saturated carbocycles. The standard InChI is InChI=1S/C23H45NO2.CH2O2/c1-4-5-6-7-8-9-10-11-12-13-14-15-16-19-23(26)24-20-17-18-22(25)21(2)3;2-1-3/h21H,4-20H2,1-3H3,(H,24,26);1H,(H,2,3). The third kappa shape index (κ3) is 26.6. The zero-order chi connectivity index (χ0) is 22.2. The number of hydrogen-bond acceptors (Lipinski definition) is 3. The Morgan fingerprint density at radius 2 is 1.17 bits per heavy atom. The minimum atomic E-state index is -0.250. The molecule has 0 aliphatic rings. The summed E-state index contributed by atoms with van der Waals surface area (Å²) >= 11 is 0. The molecule has 0 aromatic carbocycles. The molecule has 29 heavy (non-hydrogen) atoms. The Balaban J connectivity index is 0. The maximum absolute atomic E-state index is 11.7. The lowest BCUT2D eigenvalue weighted by Gasteiger charge is -2.06. The molecule has 0 heterocycles. The van der Waals surface area contributed by atoms with Gasteiger partial charge < -0.3 is 10.4 Å². The topological polar surface area (TPSA) is 83.5 Å². The molecule has 0 aliphatic heterocycles. The van der Waals surface area contributed by atoms with E-state index in [1.807, 2.05) is 13.8 Å². The fraction of sp³-hybridized carbons (Fsp3) is 0.875. The molecule has 0 fully saturated rings. The number of amides is 1. The van der Waals surface area contributed by atoms with E-state index >= 15 is 0 Å². The first-order valence-electron chi connectivity index (χ1n) is 11.9. The quantitative estimate of drug-likeness (QED) is 0.192. The number of ketones is 1. The largest absolute Gasteiger partial charge is 0.483 e. The monoisotopic (exact) mass is 413 g/mol. The van der Waals surface area contributed by atoms with Gasteiger partial charge in [0.2, 0.25) is 5.91 Å². The van der Waals surface area contributed by atoms with Crippen molar-refractivity contribution in [2.75, 3.05) is 6.54 Å². The van der Waals surface area contributed by atoms with Gasteiger partial charge in [-0.1, -0.05) is 97.8 Å². The van der Waals surface area contributed by atoms with Crippen LogP contribution in [-0.4, -0.2) is 29.8 Å². The van der Waals surface area contributed by atoms with Gasteiger partial charge in [-0.2, -0.15) is 0 Å². The van der Waals surface area contributed by atoms with Crippen LogP contribution in [0.4, 0.5) is 0 Å². The van der Waals surface area contributed by atoms with Crippen LogP contribution in [0, 0.1) is 5.92 Å². The summed E-state index contributed by atoms with van der Waals surface area (Å²) in [5.41, 5.74) is 0. The normalized spacial score (nSPS) is 10.3. The van der Waals surface area contributed by atoms with Gasteiger partial charge in [-0.15, -0.1) is 0 Å². The van der Waals surface area contributed by atoms with E-state index in [2.05, 4.69) is 12.2 Å². The van der Waals surface area contributed by atoms with Crippen molar-refractivity contribution in [2.24, 2.45) is 5.92 Å². The molecule has 1 amide bonds. The Kier molecular flexibility index (Phi) is 25.3. The summed E-state index contributed by atoms with van der Waals surface area (Å²) in [5.74, 6) is 0.539. The van der Waals surface area contributed by atoms with Crippen molar-refractivity contribution >= 4 is 18.2 Å². The van der Waals surface area contributed by atoms with E-state index < -0.39 is 0 Å². The second-order valence-corrected chi connectivity index (χ2v) is 8.17. The van der Waals surface area contributed by atoms with E-state index in [0.717, 1.165) is 19.3 Å². The molecule has 172 valence electrons. The summed E-state index contributed by atoms with van der Waals surface area (Å²) in [4.78, 5) is 31.6. The van der Waals surface area contributed by atoms with Crippen molar-refractivity contribution in [3.63, 3.8) is 0 Å². The van der Waals surface area contributed by atoms with Gasteiger partial charge in [-0.05, 0) is 12.8 Å². The van der Waals surface area contributed by atoms with Gasteiger partial charge in [-0.3, -0.25) is 14.4 Å². The van der Waals surface area contributed by atoms with Crippen LogP contribution in [-0.2, 0) is 14.4 Å². The fourth-order valence-corrected chi connectivity index (χ4v) is 3.17. The van der Waals surface area contributed by atoms with Crippen molar-refractivity contribution in [1.82, 2.24) is 5.32 Å². The van der Waals surface area contributed by atoms with Crippen LogP contribution in [0.15, 0.2) is 0 Å². The van der Waals surface area contributed by atoms with Gasteiger partial charge in [0.1, 0.15) is 5.78 Å². The van der Waals surface area contributed by atoms with Gasteiger partial charge in [0.05, 0.1) is 0 Å². The first-order chi connectivity index (χ1) is 14.0. The first-order valence-corrected chi connectivity index (χ1v) is 11.9. The highest BCUT2D eigenvalue weighted by Crippen LogP contribution is 2.12. The predicted molar refractivity (Wildman–Crippen MR) is 121 cm³/mol. The van der Waals surface area contributed by atoms with E-state index in [-0.39, 0.29) is 24.1 Å². The number of rotatable bonds is 19. The van der Waals surface area contributed by atoms with Crippen LogP contribution >= 0.6 is 0 Å². The van der Waals surface area contributed by atoms with Crippen LogP contribution in [0.1, 0.15) is 124 Å². The maximum atomic E-state index is 11.7. The van der Waals surface area contributed by atoms with Crippen molar-refractivity contribution in [3.8, 4) is 0 Å². The van der Waals surface area contributed by atoms with Crippen molar-refractivity contribution in [2.45, 2.75) is 124 Å². The van der Waals surface area contributed by atoms with E-state index in [9.17, 15) is 9.59 Å². The predicted octanol–water partition coefficient (Wildman–Crippen LogP) is 6.29. The van der Waals surface area contributed by atoms with Gasteiger partial charge in [0, 0.05) is 25.3 Å². The number of Topliss-reactive ketones (excluding diaryl/α,β-unsaturated/α-hetero) is 1. The van der Waals surface area contributed by atoms with Crippen LogP contribution in [0.3, 0.4) is 0 Å². The van der Waals surface area contributed by atoms with Crippen molar-refractivity contribution in [3.05, 3.63) is 0 Å². The molecule has 0 aromatic rings. The lowest BCUT2D eigenvalue weighted by Crippen LogP contribution is -2.24. The van der Waals surface area contributed by atoms with Crippen LogP contribution in [0.25, 0.3) is 0 Å². The summed E-state index contributed by atoms with van der Waals surface area (Å²) in [6, 6.07) is 0. The summed E-state index contributed by atoms with van der Waals surface area (Å²) in [5, 5.41) is 9.82. The third-order valence-corrected chi connectivity index (χ3v) is 5.07. The number of carbonyl (C=O) groups excluding carboxylic acids is 2. The minimum Gasteiger partial charge on any atom is -0.483 e. The van der Waals surface area contributed by atoms with E-state index in [0.29, 0.717) is 19.4 Å². The van der Waals surface area contributed by atoms with E-state index in [1.54, 1.807) is 0 Å². The zero-order valence-electron chi connectivity index (χ0n) is 19.3. The van der Waals surface area contributed by atoms with E-state index in [4.69, 9.17) is 9.90 Å². The second-order valence-electron chi connectivity index (χ2n) is 8.17. The van der Waals surface area contributed by atoms with Crippen molar-refractivity contribution in [1.29, 1.82) is 0 Å². The van der Waals surface area contributed by atoms with Gasteiger partial charge in [-0.25, -0.2) is 0 Å². The Bertz CT molecular complexity index is 383. The fourth-order valence-electron chi connectivity index (χ4n) is 3.17. The minimum absolute atomic E-state index is 0.108. The molecular weight excluding hydrogens is 366 g/mol. The Morgan fingerprint density at radius 3 is 1.59 bits per heavy atom. The zero-order valence-corrected chi connectivity index (χ0v) is 19.3. The average Bonchev–Trinajstić information content (AvgIpc) is 2.69. The molecule has 0 radical (unpaired) electrons. The number of unbranched alkanes of at least 4 members (excludes halogenated alkanes) is 12. The van der Waals surface area contributed by atoms with Gasteiger partial charge in [0.15, 0.2) is 0 Å². The van der Waals surface area contributed by atoms with Crippen LogP contribution in [0.5, 0.6) is 0 Å². The van der Waals surface area contributed by atoms with Gasteiger partial charge >= 0.3 is 0 Å². The Hall–Kier alpha value is -1.39. The Morgan fingerprint density at radius 1 is 0.759 bits per heavy atom. The second kappa shape index (κ2) is 24.6. The molecule has 0 rings (SSSR count). The third-order valence-electron chi connectivity index (χ3n) is 5.07.